The molecular weight excluding hydrogens is 317 g/mol. The molecule has 0 spiro atoms. The molecule has 0 fully saturated rings. The first-order chi connectivity index (χ1) is 10.7. The fourth-order valence-corrected chi connectivity index (χ4v) is 1.99. The van der Waals surface area contributed by atoms with Gasteiger partial charge in [-0.2, -0.15) is 13.2 Å². The molecule has 0 saturated heterocycles. The normalized spacial score (nSPS) is 12.7. The molecule has 0 saturated carbocycles. The molecule has 1 aromatic rings. The van der Waals surface area contributed by atoms with Crippen molar-refractivity contribution in [3.8, 4) is 5.75 Å². The van der Waals surface area contributed by atoms with E-state index in [0.717, 1.165) is 24.6 Å². The molecule has 0 amide bonds. The molecule has 0 heterocycles. The van der Waals surface area contributed by atoms with Gasteiger partial charge in [-0.1, -0.05) is 19.8 Å². The maximum Gasteiger partial charge on any atom is 0.425 e. The predicted octanol–water partition coefficient (Wildman–Crippen LogP) is 3.97. The van der Waals surface area contributed by atoms with E-state index in [-0.39, 0.29) is 12.2 Å². The molecular formula is C15H17F3O5. The molecule has 8 heteroatoms. The Balaban J connectivity index is 3.02. The molecule has 1 rings (SSSR count). The Morgan fingerprint density at radius 2 is 1.74 bits per heavy atom. The van der Waals surface area contributed by atoms with Crippen molar-refractivity contribution < 1.29 is 37.7 Å². The van der Waals surface area contributed by atoms with Crippen molar-refractivity contribution >= 4 is 11.9 Å². The van der Waals surface area contributed by atoms with Crippen LogP contribution in [0.2, 0.25) is 0 Å². The lowest BCUT2D eigenvalue weighted by Crippen LogP contribution is -2.34. The minimum Gasteiger partial charge on any atom is -0.481 e. The van der Waals surface area contributed by atoms with E-state index < -0.39 is 35.3 Å². The lowest BCUT2D eigenvalue weighted by Gasteiger charge is -2.22. The summed E-state index contributed by atoms with van der Waals surface area (Å²) in [6.07, 6.45) is -5.22. The van der Waals surface area contributed by atoms with Crippen molar-refractivity contribution in [3.05, 3.63) is 29.3 Å². The molecule has 1 aromatic carbocycles. The van der Waals surface area contributed by atoms with Crippen LogP contribution in [-0.4, -0.2) is 34.4 Å². The number of carbonyl (C=O) groups is 2. The molecule has 0 aliphatic carbocycles. The maximum atomic E-state index is 13.0. The van der Waals surface area contributed by atoms with E-state index in [1.165, 1.54) is 0 Å². The quantitative estimate of drug-likeness (QED) is 0.703. The third-order valence-corrected chi connectivity index (χ3v) is 3.17. The largest absolute Gasteiger partial charge is 0.481 e. The summed E-state index contributed by atoms with van der Waals surface area (Å²) in [5.41, 5.74) is -1.14. The second-order valence-electron chi connectivity index (χ2n) is 4.96. The lowest BCUT2D eigenvalue weighted by atomic mass is 10.1. The average molecular weight is 334 g/mol. The van der Waals surface area contributed by atoms with Crippen LogP contribution in [0, 0.1) is 0 Å². The highest BCUT2D eigenvalue weighted by Gasteiger charge is 2.41. The van der Waals surface area contributed by atoms with Crippen LogP contribution in [-0.2, 0) is 0 Å². The first-order valence-corrected chi connectivity index (χ1v) is 7.00. The molecule has 5 nitrogen and oxygen atoms in total. The molecule has 128 valence electrons. The summed E-state index contributed by atoms with van der Waals surface area (Å²) in [4.78, 5) is 21.9. The second-order valence-corrected chi connectivity index (χ2v) is 4.96. The molecule has 1 unspecified atom stereocenters. The predicted molar refractivity (Wildman–Crippen MR) is 75.0 cm³/mol. The van der Waals surface area contributed by atoms with Crippen LogP contribution in [0.4, 0.5) is 13.2 Å². The van der Waals surface area contributed by atoms with Gasteiger partial charge in [0.1, 0.15) is 5.75 Å². The van der Waals surface area contributed by atoms with E-state index in [4.69, 9.17) is 14.9 Å². The zero-order valence-electron chi connectivity index (χ0n) is 12.4. The summed E-state index contributed by atoms with van der Waals surface area (Å²) in [5.74, 6) is -3.36. The highest BCUT2D eigenvalue weighted by atomic mass is 19.4. The standard InChI is InChI=1S/C15H17F3O5/c1-2-3-4-5-12(15(16,17)18)23-9-6-7-10(13(19)20)11(8-9)14(21)22/h6-8,12H,2-5H2,1H3,(H,19,20)(H,21,22). The third kappa shape index (κ3) is 5.46. The van der Waals surface area contributed by atoms with Gasteiger partial charge in [0.05, 0.1) is 11.1 Å². The minimum absolute atomic E-state index is 0.250. The van der Waals surface area contributed by atoms with E-state index in [0.29, 0.717) is 12.8 Å². The van der Waals surface area contributed by atoms with Crippen molar-refractivity contribution in [2.24, 2.45) is 0 Å². The van der Waals surface area contributed by atoms with Crippen LogP contribution in [0.25, 0.3) is 0 Å². The van der Waals surface area contributed by atoms with E-state index in [1.807, 2.05) is 6.92 Å². The summed E-state index contributed by atoms with van der Waals surface area (Å²) in [6.45, 7) is 1.85. The zero-order valence-corrected chi connectivity index (χ0v) is 12.4. The van der Waals surface area contributed by atoms with Gasteiger partial charge in [0.2, 0.25) is 0 Å². The maximum absolute atomic E-state index is 13.0. The van der Waals surface area contributed by atoms with Gasteiger partial charge in [-0.15, -0.1) is 0 Å². The number of aromatic carboxylic acids is 2. The molecule has 0 aliphatic rings. The number of halogens is 3. The highest BCUT2D eigenvalue weighted by molar-refractivity contribution is 6.01. The lowest BCUT2D eigenvalue weighted by molar-refractivity contribution is -0.197. The van der Waals surface area contributed by atoms with Crippen molar-refractivity contribution in [1.82, 2.24) is 0 Å². The molecule has 2 N–H and O–H groups in total. The summed E-state index contributed by atoms with van der Waals surface area (Å²) in [6, 6.07) is 2.74. The fraction of sp³-hybridized carbons (Fsp3) is 0.467. The Hall–Kier alpha value is -2.25. The first kappa shape index (κ1) is 18.8. The highest BCUT2D eigenvalue weighted by Crippen LogP contribution is 2.30. The van der Waals surface area contributed by atoms with Crippen molar-refractivity contribution in [2.75, 3.05) is 0 Å². The Kier molecular flexibility index (Phi) is 6.41. The number of ether oxygens (including phenoxy) is 1. The minimum atomic E-state index is -4.59. The summed E-state index contributed by atoms with van der Waals surface area (Å²) < 4.78 is 43.8. The Labute approximate surface area is 130 Å². The molecule has 0 aromatic heterocycles. The van der Waals surface area contributed by atoms with Gasteiger partial charge in [0.15, 0.2) is 6.10 Å². The van der Waals surface area contributed by atoms with E-state index in [1.54, 1.807) is 0 Å². The Morgan fingerprint density at radius 1 is 1.13 bits per heavy atom. The van der Waals surface area contributed by atoms with Crippen molar-refractivity contribution in [1.29, 1.82) is 0 Å². The number of hydrogen-bond donors (Lipinski definition) is 2. The van der Waals surface area contributed by atoms with E-state index >= 15 is 0 Å². The smallest absolute Gasteiger partial charge is 0.425 e. The molecule has 0 aliphatic heterocycles. The van der Waals surface area contributed by atoms with Gasteiger partial charge < -0.3 is 14.9 Å². The second kappa shape index (κ2) is 7.85. The van der Waals surface area contributed by atoms with Gasteiger partial charge in [-0.05, 0) is 31.0 Å². The third-order valence-electron chi connectivity index (χ3n) is 3.17. The molecule has 0 radical (unpaired) electrons. The SMILES string of the molecule is CCCCCC(Oc1ccc(C(=O)O)c(C(=O)O)c1)C(F)(F)F. The Bertz CT molecular complexity index is 569. The molecule has 0 bridgehead atoms. The van der Waals surface area contributed by atoms with E-state index in [2.05, 4.69) is 0 Å². The van der Waals surface area contributed by atoms with Gasteiger partial charge in [0.25, 0.3) is 0 Å². The summed E-state index contributed by atoms with van der Waals surface area (Å²) in [7, 11) is 0. The fourth-order valence-electron chi connectivity index (χ4n) is 1.99. The number of alkyl halides is 3. The molecule has 1 atom stereocenters. The summed E-state index contributed by atoms with van der Waals surface area (Å²) >= 11 is 0. The van der Waals surface area contributed by atoms with Crippen LogP contribution in [0.3, 0.4) is 0 Å². The van der Waals surface area contributed by atoms with Crippen LogP contribution in [0.5, 0.6) is 5.75 Å². The van der Waals surface area contributed by atoms with Crippen molar-refractivity contribution in [3.63, 3.8) is 0 Å². The zero-order chi connectivity index (χ0) is 17.6. The molecule has 23 heavy (non-hydrogen) atoms. The number of unbranched alkanes of at least 4 members (excludes halogenated alkanes) is 2. The van der Waals surface area contributed by atoms with Crippen LogP contribution in [0.1, 0.15) is 53.3 Å². The first-order valence-electron chi connectivity index (χ1n) is 7.00. The van der Waals surface area contributed by atoms with Crippen LogP contribution < -0.4 is 4.74 Å². The van der Waals surface area contributed by atoms with Gasteiger partial charge in [-0.3, -0.25) is 0 Å². The van der Waals surface area contributed by atoms with Crippen molar-refractivity contribution in [2.45, 2.75) is 44.9 Å². The number of carboxylic acids is 2. The average Bonchev–Trinajstić information content (AvgIpc) is 2.45. The Morgan fingerprint density at radius 3 is 2.22 bits per heavy atom. The number of rotatable bonds is 8. The van der Waals surface area contributed by atoms with Crippen LogP contribution in [0.15, 0.2) is 18.2 Å². The topological polar surface area (TPSA) is 83.8 Å². The monoisotopic (exact) mass is 334 g/mol. The van der Waals surface area contributed by atoms with E-state index in [9.17, 15) is 22.8 Å². The van der Waals surface area contributed by atoms with Gasteiger partial charge in [0, 0.05) is 0 Å². The number of benzene rings is 1. The van der Waals surface area contributed by atoms with Gasteiger partial charge in [-0.25, -0.2) is 9.59 Å². The number of hydrogen-bond acceptors (Lipinski definition) is 3. The van der Waals surface area contributed by atoms with Gasteiger partial charge >= 0.3 is 18.1 Å². The summed E-state index contributed by atoms with van der Waals surface area (Å²) in [5, 5.41) is 17.8. The van der Waals surface area contributed by atoms with Crippen LogP contribution >= 0.6 is 0 Å². The number of carboxylic acid groups (broad SMARTS) is 2.